The molecule has 2 N–H and O–H groups in total. The lowest BCUT2D eigenvalue weighted by atomic mass is 9.57. The Morgan fingerprint density at radius 3 is 2.68 bits per heavy atom. The molecule has 1 aromatic heterocycles. The van der Waals surface area contributed by atoms with Crippen LogP contribution in [0.3, 0.4) is 0 Å². The van der Waals surface area contributed by atoms with Crippen LogP contribution in [0.5, 0.6) is 11.5 Å². The van der Waals surface area contributed by atoms with Crippen molar-refractivity contribution in [3.8, 4) is 28.9 Å². The summed E-state index contributed by atoms with van der Waals surface area (Å²) in [5.41, 5.74) is 1.39. The normalized spacial score (nSPS) is 24.1. The summed E-state index contributed by atoms with van der Waals surface area (Å²) < 4.78 is 6.03. The summed E-state index contributed by atoms with van der Waals surface area (Å²) in [4.78, 5) is 14.8. The van der Waals surface area contributed by atoms with Crippen molar-refractivity contribution in [1.82, 2.24) is 20.4 Å². The van der Waals surface area contributed by atoms with Crippen LogP contribution in [-0.2, 0) is 0 Å². The molecule has 156 valence electrons. The van der Waals surface area contributed by atoms with E-state index in [0.717, 1.165) is 24.2 Å². The fraction of sp³-hybridized carbons (Fsp3) is 0.292. The van der Waals surface area contributed by atoms with Crippen molar-refractivity contribution in [2.45, 2.75) is 25.3 Å². The number of rotatable bonds is 5. The highest BCUT2D eigenvalue weighted by Gasteiger charge is 2.62. The Balaban J connectivity index is 1.37. The van der Waals surface area contributed by atoms with Gasteiger partial charge in [-0.3, -0.25) is 9.89 Å². The molecule has 2 atom stereocenters. The van der Waals surface area contributed by atoms with Crippen molar-refractivity contribution < 1.29 is 9.53 Å². The highest BCUT2D eigenvalue weighted by atomic mass is 16.5. The number of aromatic nitrogens is 2. The topological polar surface area (TPSA) is 94.0 Å². The number of hydrogen-bond acceptors (Lipinski definition) is 5. The van der Waals surface area contributed by atoms with Gasteiger partial charge in [0.05, 0.1) is 17.8 Å². The Morgan fingerprint density at radius 1 is 1.16 bits per heavy atom. The number of H-pyrrole nitrogens is 1. The monoisotopic (exact) mass is 413 g/mol. The second kappa shape index (κ2) is 7.17. The molecule has 1 aliphatic carbocycles. The van der Waals surface area contributed by atoms with E-state index in [1.54, 1.807) is 11.0 Å². The molecule has 1 aliphatic heterocycles. The summed E-state index contributed by atoms with van der Waals surface area (Å²) in [6.07, 6.45) is 4.11. The number of carbonyl (C=O) groups excluding carboxylic acids is 1. The van der Waals surface area contributed by atoms with Gasteiger partial charge in [0.1, 0.15) is 17.2 Å². The standard InChI is InChI=1S/C24H23N5O2/c1-23-11-12-24(23,15-29(14-23)16-25)26-22(30)20-13-19(27-28-20)18-9-5-6-10-21(18)31-17-7-3-2-4-8-17/h2-10,13H,11-12,14-15H2,1H3,(H,26,30)(H,27,28)/t23-,24-/m0/s1. The molecule has 1 saturated heterocycles. The first-order valence-corrected chi connectivity index (χ1v) is 10.4. The number of ether oxygens (including phenoxy) is 1. The molecular formula is C24H23N5O2. The fourth-order valence-electron chi connectivity index (χ4n) is 4.72. The van der Waals surface area contributed by atoms with Crippen molar-refractivity contribution in [3.63, 3.8) is 0 Å². The summed E-state index contributed by atoms with van der Waals surface area (Å²) in [6.45, 7) is 3.38. The number of nitriles is 1. The number of aromatic amines is 1. The number of para-hydroxylation sites is 2. The van der Waals surface area contributed by atoms with E-state index >= 15 is 0 Å². The number of fused-ring (bicyclic) bond motifs is 1. The van der Waals surface area contributed by atoms with Gasteiger partial charge >= 0.3 is 0 Å². The Kier molecular flexibility index (Phi) is 4.44. The number of amides is 1. The van der Waals surface area contributed by atoms with Gasteiger partial charge in [-0.15, -0.1) is 0 Å². The van der Waals surface area contributed by atoms with E-state index in [-0.39, 0.29) is 16.9 Å². The van der Waals surface area contributed by atoms with Gasteiger partial charge in [0.15, 0.2) is 6.19 Å². The molecule has 2 heterocycles. The number of benzene rings is 2. The maximum Gasteiger partial charge on any atom is 0.269 e. The minimum atomic E-state index is -0.362. The molecule has 0 unspecified atom stereocenters. The van der Waals surface area contributed by atoms with E-state index in [1.165, 1.54) is 0 Å². The minimum absolute atomic E-state index is 0.0721. The quantitative estimate of drug-likeness (QED) is 0.618. The van der Waals surface area contributed by atoms with Gasteiger partial charge in [-0.25, -0.2) is 0 Å². The van der Waals surface area contributed by atoms with Crippen LogP contribution in [0.1, 0.15) is 30.3 Å². The maximum absolute atomic E-state index is 13.0. The van der Waals surface area contributed by atoms with Crippen molar-refractivity contribution in [3.05, 3.63) is 66.4 Å². The molecule has 2 aliphatic rings. The molecule has 2 aromatic carbocycles. The second-order valence-electron chi connectivity index (χ2n) is 8.63. The zero-order valence-corrected chi connectivity index (χ0v) is 17.3. The first kappa shape index (κ1) is 19.2. The van der Waals surface area contributed by atoms with E-state index in [9.17, 15) is 10.1 Å². The molecule has 3 aromatic rings. The highest BCUT2D eigenvalue weighted by Crippen LogP contribution is 2.54. The van der Waals surface area contributed by atoms with Gasteiger partial charge in [-0.05, 0) is 43.2 Å². The maximum atomic E-state index is 13.0. The Labute approximate surface area is 180 Å². The summed E-state index contributed by atoms with van der Waals surface area (Å²) in [7, 11) is 0. The van der Waals surface area contributed by atoms with Crippen LogP contribution >= 0.6 is 0 Å². The Morgan fingerprint density at radius 2 is 1.94 bits per heavy atom. The van der Waals surface area contributed by atoms with Gasteiger partial charge in [-0.2, -0.15) is 10.4 Å². The van der Waals surface area contributed by atoms with E-state index in [4.69, 9.17) is 4.74 Å². The lowest BCUT2D eigenvalue weighted by molar-refractivity contribution is 0.0310. The third kappa shape index (κ3) is 3.21. The molecule has 7 nitrogen and oxygen atoms in total. The lowest BCUT2D eigenvalue weighted by Gasteiger charge is -2.52. The molecular weight excluding hydrogens is 390 g/mol. The largest absolute Gasteiger partial charge is 0.457 e. The van der Waals surface area contributed by atoms with Crippen LogP contribution in [-0.4, -0.2) is 39.6 Å². The molecule has 0 spiro atoms. The zero-order chi connectivity index (χ0) is 21.5. The molecule has 0 bridgehead atoms. The minimum Gasteiger partial charge on any atom is -0.457 e. The van der Waals surface area contributed by atoms with Gasteiger partial charge in [-0.1, -0.05) is 37.3 Å². The van der Waals surface area contributed by atoms with Crippen molar-refractivity contribution in [1.29, 1.82) is 5.26 Å². The fourth-order valence-corrected chi connectivity index (χ4v) is 4.72. The number of nitrogens with one attached hydrogen (secondary N) is 2. The average molecular weight is 413 g/mol. The molecule has 0 radical (unpaired) electrons. The third-order valence-corrected chi connectivity index (χ3v) is 6.71. The van der Waals surface area contributed by atoms with E-state index < -0.39 is 0 Å². The van der Waals surface area contributed by atoms with Crippen LogP contribution in [0, 0.1) is 16.9 Å². The van der Waals surface area contributed by atoms with Gasteiger partial charge < -0.3 is 15.0 Å². The predicted octanol–water partition coefficient (Wildman–Crippen LogP) is 3.93. The Hall–Kier alpha value is -3.79. The second-order valence-corrected chi connectivity index (χ2v) is 8.63. The summed E-state index contributed by atoms with van der Waals surface area (Å²) in [5, 5.41) is 19.7. The molecule has 5 rings (SSSR count). The number of carbonyl (C=O) groups is 1. The van der Waals surface area contributed by atoms with E-state index in [0.29, 0.717) is 30.2 Å². The third-order valence-electron chi connectivity index (χ3n) is 6.71. The summed E-state index contributed by atoms with van der Waals surface area (Å²) in [6, 6.07) is 18.9. The van der Waals surface area contributed by atoms with Crippen molar-refractivity contribution in [2.24, 2.45) is 5.41 Å². The molecule has 1 saturated carbocycles. The van der Waals surface area contributed by atoms with Crippen molar-refractivity contribution in [2.75, 3.05) is 13.1 Å². The van der Waals surface area contributed by atoms with Crippen LogP contribution in [0.2, 0.25) is 0 Å². The molecule has 31 heavy (non-hydrogen) atoms. The molecule has 2 fully saturated rings. The number of hydrogen-bond donors (Lipinski definition) is 2. The number of likely N-dealkylation sites (tertiary alicyclic amines) is 1. The van der Waals surface area contributed by atoms with Crippen molar-refractivity contribution >= 4 is 5.91 Å². The molecule has 7 heteroatoms. The first-order valence-electron chi connectivity index (χ1n) is 10.4. The Bertz CT molecular complexity index is 1170. The average Bonchev–Trinajstić information content (AvgIpc) is 3.34. The van der Waals surface area contributed by atoms with Crippen LogP contribution < -0.4 is 10.1 Å². The SMILES string of the molecule is C[C@@]12CC[C@]1(NC(=O)c1cc(-c3ccccc3Oc3ccccc3)n[nH]1)CN(C#N)C2. The lowest BCUT2D eigenvalue weighted by Crippen LogP contribution is -2.65. The van der Waals surface area contributed by atoms with Crippen LogP contribution in [0.25, 0.3) is 11.3 Å². The van der Waals surface area contributed by atoms with Gasteiger partial charge in [0.2, 0.25) is 0 Å². The predicted molar refractivity (Wildman–Crippen MR) is 115 cm³/mol. The number of nitrogens with zero attached hydrogens (tertiary/aromatic N) is 3. The highest BCUT2D eigenvalue weighted by molar-refractivity contribution is 5.94. The van der Waals surface area contributed by atoms with E-state index in [1.807, 2.05) is 54.6 Å². The molecule has 1 amide bonds. The van der Waals surface area contributed by atoms with Crippen LogP contribution in [0.15, 0.2) is 60.7 Å². The smallest absolute Gasteiger partial charge is 0.269 e. The van der Waals surface area contributed by atoms with Gasteiger partial charge in [0, 0.05) is 17.5 Å². The van der Waals surface area contributed by atoms with E-state index in [2.05, 4.69) is 28.6 Å². The zero-order valence-electron chi connectivity index (χ0n) is 17.3. The van der Waals surface area contributed by atoms with Gasteiger partial charge in [0.25, 0.3) is 5.91 Å². The first-order chi connectivity index (χ1) is 15.0. The van der Waals surface area contributed by atoms with Crippen LogP contribution in [0.4, 0.5) is 0 Å². The summed E-state index contributed by atoms with van der Waals surface area (Å²) in [5.74, 6) is 1.19. The summed E-state index contributed by atoms with van der Waals surface area (Å²) >= 11 is 0.